The molecule has 1 aromatic carbocycles. The summed E-state index contributed by atoms with van der Waals surface area (Å²) in [5, 5.41) is 20.8. The Labute approximate surface area is 170 Å². The molecular weight excluding hydrogens is 348 g/mol. The first kappa shape index (κ1) is 20.2. The molecule has 0 bridgehead atoms. The molecule has 3 nitrogen and oxygen atoms in total. The van der Waals surface area contributed by atoms with Gasteiger partial charge in [0.1, 0.15) is 5.75 Å². The highest BCUT2D eigenvalue weighted by Gasteiger charge is 2.57. The minimum absolute atomic E-state index is 0.0745. The first-order valence-electron chi connectivity index (χ1n) is 11.3. The molecule has 0 amide bonds. The highest BCUT2D eigenvalue weighted by atomic mass is 16.5. The minimum Gasteiger partial charge on any atom is -0.508 e. The highest BCUT2D eigenvalue weighted by molar-refractivity contribution is 5.40. The molecule has 2 saturated carbocycles. The third-order valence-electron chi connectivity index (χ3n) is 8.03. The molecule has 2 fully saturated rings. The summed E-state index contributed by atoms with van der Waals surface area (Å²) in [7, 11) is 0. The average molecular weight is 387 g/mol. The van der Waals surface area contributed by atoms with Gasteiger partial charge >= 0.3 is 0 Å². The van der Waals surface area contributed by atoms with Crippen LogP contribution in [0.2, 0.25) is 0 Å². The number of fused-ring (bicyclic) bond motifs is 5. The van der Waals surface area contributed by atoms with E-state index in [1.54, 1.807) is 0 Å². The predicted molar refractivity (Wildman–Crippen MR) is 113 cm³/mol. The normalized spacial score (nSPS) is 37.2. The van der Waals surface area contributed by atoms with Crippen LogP contribution in [-0.4, -0.2) is 28.5 Å². The second kappa shape index (κ2) is 7.32. The molecule has 3 aliphatic rings. The van der Waals surface area contributed by atoms with Gasteiger partial charge in [0.15, 0.2) is 0 Å². The lowest BCUT2D eigenvalue weighted by atomic mass is 9.51. The lowest BCUT2D eigenvalue weighted by molar-refractivity contribution is -0.0541. The quantitative estimate of drug-likeness (QED) is 0.678. The molecule has 4 rings (SSSR count). The number of ether oxygens (including phenoxy) is 1. The summed E-state index contributed by atoms with van der Waals surface area (Å²) >= 11 is 0. The van der Waals surface area contributed by atoms with Crippen molar-refractivity contribution >= 4 is 0 Å². The maximum absolute atomic E-state index is 10.8. The summed E-state index contributed by atoms with van der Waals surface area (Å²) in [6, 6.07) is 6.05. The van der Waals surface area contributed by atoms with Gasteiger partial charge in [-0.2, -0.15) is 0 Å². The molecule has 1 unspecified atom stereocenters. The molecule has 0 aliphatic heterocycles. The number of benzene rings is 1. The maximum atomic E-state index is 10.8. The van der Waals surface area contributed by atoms with Crippen molar-refractivity contribution in [1.29, 1.82) is 0 Å². The van der Waals surface area contributed by atoms with E-state index in [1.807, 2.05) is 12.1 Å². The van der Waals surface area contributed by atoms with Crippen LogP contribution in [0.15, 0.2) is 18.2 Å². The smallest absolute Gasteiger partial charge is 0.115 e. The van der Waals surface area contributed by atoms with Crippen molar-refractivity contribution in [3.63, 3.8) is 0 Å². The van der Waals surface area contributed by atoms with Crippen LogP contribution in [0.5, 0.6) is 5.75 Å². The summed E-state index contributed by atoms with van der Waals surface area (Å²) in [4.78, 5) is 0. The fraction of sp³-hybridized carbons (Fsp3) is 0.760. The van der Waals surface area contributed by atoms with Gasteiger partial charge < -0.3 is 14.9 Å². The van der Waals surface area contributed by atoms with Gasteiger partial charge in [-0.25, -0.2) is 0 Å². The van der Waals surface area contributed by atoms with Crippen LogP contribution in [-0.2, 0) is 11.2 Å². The lowest BCUT2D eigenvalue weighted by Gasteiger charge is -2.54. The molecule has 3 aliphatic carbocycles. The number of aromatic hydroxyl groups is 1. The van der Waals surface area contributed by atoms with Gasteiger partial charge in [0.25, 0.3) is 0 Å². The molecule has 1 aromatic rings. The number of aliphatic hydroxyl groups is 1. The fourth-order valence-electron chi connectivity index (χ4n) is 6.85. The molecule has 0 radical (unpaired) electrons. The number of phenols is 1. The molecule has 3 heteroatoms. The average Bonchev–Trinajstić information content (AvgIpc) is 2.92. The van der Waals surface area contributed by atoms with Crippen molar-refractivity contribution in [2.45, 2.75) is 90.3 Å². The number of aliphatic hydroxyl groups excluding tert-OH is 1. The zero-order chi connectivity index (χ0) is 20.1. The lowest BCUT2D eigenvalue weighted by Crippen LogP contribution is -2.48. The monoisotopic (exact) mass is 386 g/mol. The summed E-state index contributed by atoms with van der Waals surface area (Å²) < 4.78 is 5.99. The topological polar surface area (TPSA) is 49.7 Å². The van der Waals surface area contributed by atoms with E-state index in [2.05, 4.69) is 33.8 Å². The minimum atomic E-state index is -0.145. The van der Waals surface area contributed by atoms with Crippen molar-refractivity contribution in [3.05, 3.63) is 29.3 Å². The van der Waals surface area contributed by atoms with Crippen molar-refractivity contribution in [1.82, 2.24) is 0 Å². The largest absolute Gasteiger partial charge is 0.508 e. The van der Waals surface area contributed by atoms with Gasteiger partial charge in [0.05, 0.1) is 11.7 Å². The third kappa shape index (κ3) is 3.61. The van der Waals surface area contributed by atoms with E-state index >= 15 is 0 Å². The number of hydrogen-bond donors (Lipinski definition) is 2. The van der Waals surface area contributed by atoms with Crippen LogP contribution >= 0.6 is 0 Å². The third-order valence-corrected chi connectivity index (χ3v) is 8.03. The molecule has 0 spiro atoms. The summed E-state index contributed by atoms with van der Waals surface area (Å²) in [5.74, 6) is 2.86. The molecule has 6 atom stereocenters. The van der Waals surface area contributed by atoms with Crippen LogP contribution in [0.25, 0.3) is 0 Å². The molecule has 28 heavy (non-hydrogen) atoms. The van der Waals surface area contributed by atoms with E-state index in [4.69, 9.17) is 4.74 Å². The summed E-state index contributed by atoms with van der Waals surface area (Å²) in [6.07, 6.45) is 7.61. The van der Waals surface area contributed by atoms with Gasteiger partial charge in [0.2, 0.25) is 0 Å². The molecule has 156 valence electrons. The van der Waals surface area contributed by atoms with Crippen LogP contribution < -0.4 is 0 Å². The van der Waals surface area contributed by atoms with E-state index in [9.17, 15) is 10.2 Å². The Hall–Kier alpha value is -1.06. The Bertz CT molecular complexity index is 706. The van der Waals surface area contributed by atoms with E-state index in [-0.39, 0.29) is 17.1 Å². The van der Waals surface area contributed by atoms with Crippen LogP contribution in [0.4, 0.5) is 0 Å². The molecule has 0 heterocycles. The van der Waals surface area contributed by atoms with Gasteiger partial charge in [-0.05, 0) is 118 Å². The van der Waals surface area contributed by atoms with Gasteiger partial charge in [0, 0.05) is 6.61 Å². The van der Waals surface area contributed by atoms with Crippen LogP contribution in [0.1, 0.15) is 83.3 Å². The fourth-order valence-corrected chi connectivity index (χ4v) is 6.85. The number of rotatable bonds is 4. The van der Waals surface area contributed by atoms with Crippen LogP contribution in [0.3, 0.4) is 0 Å². The number of aryl methyl sites for hydroxylation is 1. The Balaban J connectivity index is 1.60. The second-order valence-electron chi connectivity index (χ2n) is 10.9. The van der Waals surface area contributed by atoms with Crippen molar-refractivity contribution in [2.24, 2.45) is 23.2 Å². The van der Waals surface area contributed by atoms with Gasteiger partial charge in [-0.1, -0.05) is 13.0 Å². The van der Waals surface area contributed by atoms with E-state index in [0.717, 1.165) is 38.7 Å². The predicted octanol–water partition coefficient (Wildman–Crippen LogP) is 5.43. The Kier molecular flexibility index (Phi) is 5.29. The Morgan fingerprint density at radius 3 is 2.71 bits per heavy atom. The van der Waals surface area contributed by atoms with Crippen LogP contribution in [0, 0.1) is 23.2 Å². The molecule has 2 N–H and O–H groups in total. The second-order valence-corrected chi connectivity index (χ2v) is 10.9. The SMILES string of the molecule is CC(C)(C)OCCC[C@H]1C[C@]2(C)C(O)CC[C@H]2[C@@H]2CCc3cc(O)ccc3[C@@H]12. The molecule has 0 aromatic heterocycles. The standard InChI is InChI=1S/C25H38O3/c1-24(2,3)28-13-5-6-17-15-25(4)21(11-12-22(25)27)20-9-7-16-14-18(26)8-10-19(16)23(17)20/h8,10,14,17,20-23,26-27H,5-7,9,11-13,15H2,1-4H3/t17-,20-,21-,22?,23+,25-/m0/s1. The zero-order valence-corrected chi connectivity index (χ0v) is 18.1. The highest BCUT2D eigenvalue weighted by Crippen LogP contribution is 2.63. The maximum Gasteiger partial charge on any atom is 0.115 e. The van der Waals surface area contributed by atoms with E-state index in [0.29, 0.717) is 29.4 Å². The summed E-state index contributed by atoms with van der Waals surface area (Å²) in [5.41, 5.74) is 2.81. The Morgan fingerprint density at radius 1 is 1.18 bits per heavy atom. The van der Waals surface area contributed by atoms with Crippen molar-refractivity contribution < 1.29 is 14.9 Å². The Morgan fingerprint density at radius 2 is 1.96 bits per heavy atom. The molecule has 0 saturated heterocycles. The van der Waals surface area contributed by atoms with E-state index in [1.165, 1.54) is 24.0 Å². The van der Waals surface area contributed by atoms with Gasteiger partial charge in [-0.15, -0.1) is 0 Å². The zero-order valence-electron chi connectivity index (χ0n) is 18.1. The van der Waals surface area contributed by atoms with Crippen molar-refractivity contribution in [2.75, 3.05) is 6.61 Å². The van der Waals surface area contributed by atoms with E-state index < -0.39 is 0 Å². The first-order valence-corrected chi connectivity index (χ1v) is 11.3. The summed E-state index contributed by atoms with van der Waals surface area (Å²) in [6.45, 7) is 9.52. The van der Waals surface area contributed by atoms with Crippen molar-refractivity contribution in [3.8, 4) is 5.75 Å². The number of phenolic OH excluding ortho intramolecular Hbond substituents is 1. The first-order chi connectivity index (χ1) is 13.2. The van der Waals surface area contributed by atoms with Gasteiger partial charge in [-0.3, -0.25) is 0 Å². The molecular formula is C25H38O3. The number of hydrogen-bond acceptors (Lipinski definition) is 3.